The number of hydrogen-bond acceptors (Lipinski definition) is 9. The molecule has 168 valence electrons. The maximum atomic E-state index is 12.7. The Morgan fingerprint density at radius 3 is 2.06 bits per heavy atom. The molecule has 1 N–H and O–H groups in total. The van der Waals surface area contributed by atoms with E-state index in [-0.39, 0.29) is 35.3 Å². The predicted molar refractivity (Wildman–Crippen MR) is 114 cm³/mol. The third-order valence-corrected chi connectivity index (χ3v) is 5.54. The van der Waals surface area contributed by atoms with Crippen molar-refractivity contribution >= 4 is 27.6 Å². The van der Waals surface area contributed by atoms with Crippen molar-refractivity contribution in [3.8, 4) is 23.0 Å². The van der Waals surface area contributed by atoms with Gasteiger partial charge in [0.15, 0.2) is 9.84 Å². The zero-order valence-electron chi connectivity index (χ0n) is 18.6. The van der Waals surface area contributed by atoms with Crippen LogP contribution in [0.3, 0.4) is 0 Å². The molecular formula is C21H24NNaO8S. The molecule has 0 fully saturated rings. The molecule has 0 bridgehead atoms. The summed E-state index contributed by atoms with van der Waals surface area (Å²) >= 11 is 0. The number of anilines is 1. The largest absolute Gasteiger partial charge is 1.00 e. The monoisotopic (exact) mass is 473 g/mol. The molecule has 0 aromatic heterocycles. The quantitative estimate of drug-likeness (QED) is 0.387. The first-order chi connectivity index (χ1) is 14.7. The summed E-state index contributed by atoms with van der Waals surface area (Å²) in [5, 5.41) is 14.4. The zero-order valence-corrected chi connectivity index (χ0v) is 21.4. The van der Waals surface area contributed by atoms with Crippen LogP contribution in [0.15, 0.2) is 35.7 Å². The number of ether oxygens (including phenoxy) is 4. The van der Waals surface area contributed by atoms with Gasteiger partial charge in [0.2, 0.25) is 0 Å². The van der Waals surface area contributed by atoms with E-state index in [1.165, 1.54) is 40.6 Å². The van der Waals surface area contributed by atoms with Crippen LogP contribution in [0.25, 0.3) is 6.08 Å². The number of hydrogen-bond donors (Lipinski definition) is 1. The first kappa shape index (κ1) is 27.6. The van der Waals surface area contributed by atoms with Crippen molar-refractivity contribution in [2.45, 2.75) is 5.75 Å². The fraction of sp³-hybridized carbons (Fsp3) is 0.286. The molecule has 0 amide bonds. The van der Waals surface area contributed by atoms with E-state index in [4.69, 9.17) is 18.9 Å². The molecule has 0 atom stereocenters. The molecule has 0 radical (unpaired) electrons. The van der Waals surface area contributed by atoms with Gasteiger partial charge in [-0.25, -0.2) is 8.42 Å². The van der Waals surface area contributed by atoms with Crippen LogP contribution in [0, 0.1) is 0 Å². The molecule has 11 heteroatoms. The molecule has 0 saturated carbocycles. The standard InChI is InChI=1S/C21H25NO8S.Na/c1-27-15-10-19(29-3)16(20(11-15)30-4)7-8-31(25,26)13-14-5-6-18(28-2)17(9-14)22-12-21(23)24;/h5-11,22H,12-13H2,1-4H3,(H,23,24);/q;+1/p-1/b8-7-;. The Kier molecular flexibility index (Phi) is 10.9. The molecule has 2 rings (SSSR count). The molecule has 2 aromatic rings. The summed E-state index contributed by atoms with van der Waals surface area (Å²) in [5.41, 5.74) is 1.24. The number of carboxylic acid groups (broad SMARTS) is 1. The van der Waals surface area contributed by atoms with Crippen molar-refractivity contribution in [2.75, 3.05) is 40.3 Å². The molecule has 2 aromatic carbocycles. The average Bonchev–Trinajstić information content (AvgIpc) is 2.75. The molecule has 0 saturated heterocycles. The van der Waals surface area contributed by atoms with E-state index in [0.29, 0.717) is 39.8 Å². The Labute approximate surface area is 209 Å². The summed E-state index contributed by atoms with van der Waals surface area (Å²) in [5.74, 6) is 0.0511. The number of carbonyl (C=O) groups is 1. The Balaban J connectivity index is 0.00000512. The summed E-state index contributed by atoms with van der Waals surface area (Å²) in [4.78, 5) is 10.7. The summed E-state index contributed by atoms with van der Waals surface area (Å²) in [6, 6.07) is 7.90. The van der Waals surface area contributed by atoms with Gasteiger partial charge in [-0.05, 0) is 23.8 Å². The minimum Gasteiger partial charge on any atom is -0.548 e. The van der Waals surface area contributed by atoms with Crippen molar-refractivity contribution in [1.29, 1.82) is 0 Å². The number of carboxylic acids is 1. The molecule has 0 aliphatic carbocycles. The van der Waals surface area contributed by atoms with E-state index in [0.717, 1.165) is 5.41 Å². The van der Waals surface area contributed by atoms with E-state index in [1.807, 2.05) is 0 Å². The summed E-state index contributed by atoms with van der Waals surface area (Å²) in [6.07, 6.45) is 1.39. The zero-order chi connectivity index (χ0) is 23.0. The van der Waals surface area contributed by atoms with E-state index in [9.17, 15) is 18.3 Å². The van der Waals surface area contributed by atoms with Crippen LogP contribution in [-0.4, -0.2) is 49.4 Å². The van der Waals surface area contributed by atoms with Crippen molar-refractivity contribution < 1.29 is 66.8 Å². The maximum absolute atomic E-state index is 12.7. The SMILES string of the molecule is COc1cc(OC)c(/C=C\S(=O)(=O)Cc2ccc(OC)c(NCC(=O)[O-])c2)c(OC)c1.[Na+]. The van der Waals surface area contributed by atoms with Crippen molar-refractivity contribution in [1.82, 2.24) is 0 Å². The van der Waals surface area contributed by atoms with Gasteiger partial charge in [-0.15, -0.1) is 0 Å². The smallest absolute Gasteiger partial charge is 0.548 e. The van der Waals surface area contributed by atoms with E-state index in [2.05, 4.69) is 5.32 Å². The molecular weight excluding hydrogens is 449 g/mol. The number of carbonyl (C=O) groups excluding carboxylic acids is 1. The molecule has 0 spiro atoms. The molecule has 0 heterocycles. The van der Waals surface area contributed by atoms with E-state index < -0.39 is 22.4 Å². The number of aliphatic carboxylic acids is 1. The second-order valence-corrected chi connectivity index (χ2v) is 8.20. The molecule has 9 nitrogen and oxygen atoms in total. The number of rotatable bonds is 11. The molecule has 0 aliphatic heterocycles. The van der Waals surface area contributed by atoms with Gasteiger partial charge in [-0.3, -0.25) is 0 Å². The topological polar surface area (TPSA) is 123 Å². The minimum atomic E-state index is -3.69. The Morgan fingerprint density at radius 1 is 0.969 bits per heavy atom. The number of nitrogens with one attached hydrogen (secondary N) is 1. The van der Waals surface area contributed by atoms with Crippen molar-refractivity contribution in [3.63, 3.8) is 0 Å². The molecule has 0 unspecified atom stereocenters. The van der Waals surface area contributed by atoms with Gasteiger partial charge in [0.25, 0.3) is 0 Å². The van der Waals surface area contributed by atoms with Crippen molar-refractivity contribution in [3.05, 3.63) is 46.9 Å². The van der Waals surface area contributed by atoms with E-state index >= 15 is 0 Å². The second-order valence-electron chi connectivity index (χ2n) is 6.32. The second kappa shape index (κ2) is 12.6. The van der Waals surface area contributed by atoms with E-state index in [1.54, 1.807) is 24.3 Å². The number of sulfone groups is 1. The third kappa shape index (κ3) is 7.63. The van der Waals surface area contributed by atoms with Crippen LogP contribution < -0.4 is 58.9 Å². The first-order valence-electron chi connectivity index (χ1n) is 9.04. The van der Waals surface area contributed by atoms with Crippen LogP contribution in [0.1, 0.15) is 11.1 Å². The van der Waals surface area contributed by atoms with Crippen LogP contribution in [0.2, 0.25) is 0 Å². The van der Waals surface area contributed by atoms with Crippen LogP contribution in [0.5, 0.6) is 23.0 Å². The van der Waals surface area contributed by atoms with Gasteiger partial charge in [-0.1, -0.05) is 6.07 Å². The maximum Gasteiger partial charge on any atom is 1.00 e. The minimum absolute atomic E-state index is 0. The Bertz CT molecular complexity index is 1040. The summed E-state index contributed by atoms with van der Waals surface area (Å²) in [7, 11) is 2.15. The first-order valence-corrected chi connectivity index (χ1v) is 10.8. The third-order valence-electron chi connectivity index (χ3n) is 4.25. The number of benzene rings is 2. The van der Waals surface area contributed by atoms with Gasteiger partial charge in [0.1, 0.15) is 23.0 Å². The van der Waals surface area contributed by atoms with Crippen LogP contribution in [-0.2, 0) is 20.4 Å². The Morgan fingerprint density at radius 2 is 1.56 bits per heavy atom. The van der Waals surface area contributed by atoms with Gasteiger partial charge >= 0.3 is 29.6 Å². The Hall–Kier alpha value is -2.40. The van der Waals surface area contributed by atoms with Crippen LogP contribution in [0.4, 0.5) is 5.69 Å². The predicted octanol–water partition coefficient (Wildman–Crippen LogP) is -1.53. The molecule has 32 heavy (non-hydrogen) atoms. The average molecular weight is 473 g/mol. The number of methoxy groups -OCH3 is 4. The molecule has 0 aliphatic rings. The summed E-state index contributed by atoms with van der Waals surface area (Å²) in [6.45, 7) is -0.441. The van der Waals surface area contributed by atoms with Crippen molar-refractivity contribution in [2.24, 2.45) is 0 Å². The van der Waals surface area contributed by atoms with Crippen LogP contribution >= 0.6 is 0 Å². The van der Waals surface area contributed by atoms with Gasteiger partial charge in [0, 0.05) is 17.5 Å². The van der Waals surface area contributed by atoms with Gasteiger partial charge in [-0.2, -0.15) is 0 Å². The van der Waals surface area contributed by atoms with Gasteiger partial charge < -0.3 is 34.2 Å². The normalized spacial score (nSPS) is 10.9. The fourth-order valence-corrected chi connectivity index (χ4v) is 3.88. The van der Waals surface area contributed by atoms with Gasteiger partial charge in [0.05, 0.1) is 58.0 Å². The summed E-state index contributed by atoms with van der Waals surface area (Å²) < 4.78 is 46.3. The fourth-order valence-electron chi connectivity index (χ4n) is 2.80.